The van der Waals surface area contributed by atoms with Gasteiger partial charge in [-0.05, 0) is 20.8 Å². The summed E-state index contributed by atoms with van der Waals surface area (Å²) in [5.74, 6) is 0. The molecule has 0 unspecified atom stereocenters. The summed E-state index contributed by atoms with van der Waals surface area (Å²) in [6, 6.07) is 0.956. The van der Waals surface area contributed by atoms with Gasteiger partial charge >= 0.3 is 6.03 Å². The molecule has 0 spiro atoms. The molecular formula is C8H13N3O2. The van der Waals surface area contributed by atoms with Crippen LogP contribution in [0.2, 0.25) is 0 Å². The zero-order chi connectivity index (χ0) is 10.1. The third kappa shape index (κ3) is 2.77. The van der Waals surface area contributed by atoms with Crippen LogP contribution in [-0.2, 0) is 0 Å². The van der Waals surface area contributed by atoms with E-state index in [0.717, 1.165) is 4.68 Å². The fourth-order valence-corrected chi connectivity index (χ4v) is 0.835. The maximum atomic E-state index is 11.4. The Morgan fingerprint density at radius 3 is 2.54 bits per heavy atom. The van der Waals surface area contributed by atoms with Crippen molar-refractivity contribution in [3.8, 4) is 0 Å². The highest BCUT2D eigenvalue weighted by atomic mass is 16.2. The van der Waals surface area contributed by atoms with E-state index in [0.29, 0.717) is 0 Å². The van der Waals surface area contributed by atoms with Gasteiger partial charge in [-0.3, -0.25) is 9.89 Å². The molecule has 0 bridgehead atoms. The van der Waals surface area contributed by atoms with Gasteiger partial charge in [0.1, 0.15) is 0 Å². The number of nitrogens with zero attached hydrogens (tertiary/aromatic N) is 1. The second-order valence-electron chi connectivity index (χ2n) is 3.84. The van der Waals surface area contributed by atoms with Crippen LogP contribution < -0.4 is 10.9 Å². The second-order valence-corrected chi connectivity index (χ2v) is 3.84. The van der Waals surface area contributed by atoms with Crippen LogP contribution in [0.5, 0.6) is 0 Å². The first-order valence-corrected chi connectivity index (χ1v) is 3.99. The third-order valence-corrected chi connectivity index (χ3v) is 1.31. The van der Waals surface area contributed by atoms with Crippen molar-refractivity contribution >= 4 is 6.03 Å². The van der Waals surface area contributed by atoms with Gasteiger partial charge in [0.25, 0.3) is 5.56 Å². The Balaban J connectivity index is 2.75. The highest BCUT2D eigenvalue weighted by Gasteiger charge is 2.14. The molecular weight excluding hydrogens is 170 g/mol. The molecule has 0 fully saturated rings. The SMILES string of the molecule is CC(C)(C)NC(=O)n1ccc(=O)[nH]1. The van der Waals surface area contributed by atoms with Gasteiger partial charge in [-0.15, -0.1) is 0 Å². The smallest absolute Gasteiger partial charge is 0.332 e. The molecule has 5 heteroatoms. The van der Waals surface area contributed by atoms with Crippen molar-refractivity contribution in [1.82, 2.24) is 15.1 Å². The number of carbonyl (C=O) groups excluding carboxylic acids is 1. The van der Waals surface area contributed by atoms with Crippen molar-refractivity contribution in [2.45, 2.75) is 26.3 Å². The molecule has 0 atom stereocenters. The van der Waals surface area contributed by atoms with Crippen LogP contribution in [0.15, 0.2) is 17.1 Å². The molecule has 5 nitrogen and oxygen atoms in total. The minimum atomic E-state index is -0.338. The fraction of sp³-hybridized carbons (Fsp3) is 0.500. The minimum absolute atomic E-state index is 0.288. The van der Waals surface area contributed by atoms with Crippen LogP contribution in [0.4, 0.5) is 4.79 Å². The van der Waals surface area contributed by atoms with E-state index in [2.05, 4.69) is 10.4 Å². The summed E-state index contributed by atoms with van der Waals surface area (Å²) < 4.78 is 1.12. The third-order valence-electron chi connectivity index (χ3n) is 1.31. The Labute approximate surface area is 75.7 Å². The Morgan fingerprint density at radius 2 is 2.15 bits per heavy atom. The number of hydrogen-bond donors (Lipinski definition) is 2. The average molecular weight is 183 g/mol. The Hall–Kier alpha value is -1.52. The lowest BCUT2D eigenvalue weighted by atomic mass is 10.1. The molecule has 0 aromatic carbocycles. The molecule has 0 aliphatic carbocycles. The molecule has 0 saturated heterocycles. The molecule has 2 N–H and O–H groups in total. The van der Waals surface area contributed by atoms with Crippen molar-refractivity contribution in [3.63, 3.8) is 0 Å². The van der Waals surface area contributed by atoms with Crippen molar-refractivity contribution in [2.75, 3.05) is 0 Å². The Morgan fingerprint density at radius 1 is 1.54 bits per heavy atom. The number of aromatic amines is 1. The van der Waals surface area contributed by atoms with Gasteiger partial charge in [-0.2, -0.15) is 0 Å². The summed E-state index contributed by atoms with van der Waals surface area (Å²) in [6.45, 7) is 5.60. The average Bonchev–Trinajstić information content (AvgIpc) is 2.31. The molecule has 1 rings (SSSR count). The summed E-state index contributed by atoms with van der Waals surface area (Å²) in [7, 11) is 0. The van der Waals surface area contributed by atoms with Gasteiger partial charge in [-0.25, -0.2) is 9.48 Å². The maximum Gasteiger partial charge on any atom is 0.340 e. The predicted octanol–water partition coefficient (Wildman–Crippen LogP) is 0.533. The number of hydrogen-bond acceptors (Lipinski definition) is 2. The standard InChI is InChI=1S/C8H13N3O2/c1-8(2,3)9-7(13)11-5-4-6(12)10-11/h4-5H,1-3H3,(H,9,13)(H,10,12). The van der Waals surface area contributed by atoms with Crippen molar-refractivity contribution < 1.29 is 4.79 Å². The zero-order valence-corrected chi connectivity index (χ0v) is 7.92. The molecule has 0 aliphatic rings. The van der Waals surface area contributed by atoms with E-state index in [-0.39, 0.29) is 17.1 Å². The quantitative estimate of drug-likeness (QED) is 0.616. The van der Waals surface area contributed by atoms with Crippen LogP contribution in [0.3, 0.4) is 0 Å². The van der Waals surface area contributed by atoms with Gasteiger partial charge in [0.2, 0.25) is 0 Å². The van der Waals surface area contributed by atoms with E-state index < -0.39 is 0 Å². The number of carbonyl (C=O) groups is 1. The van der Waals surface area contributed by atoms with Gasteiger partial charge in [-0.1, -0.05) is 0 Å². The second kappa shape index (κ2) is 3.08. The van der Waals surface area contributed by atoms with E-state index in [1.807, 2.05) is 20.8 Å². The van der Waals surface area contributed by atoms with Crippen LogP contribution in [-0.4, -0.2) is 21.4 Å². The van der Waals surface area contributed by atoms with Gasteiger partial charge in [0.05, 0.1) is 0 Å². The molecule has 13 heavy (non-hydrogen) atoms. The number of H-pyrrole nitrogens is 1. The first kappa shape index (κ1) is 9.57. The number of aromatic nitrogens is 2. The molecule has 0 radical (unpaired) electrons. The summed E-state index contributed by atoms with van der Waals surface area (Å²) in [6.07, 6.45) is 1.39. The number of nitrogens with one attached hydrogen (secondary N) is 2. The minimum Gasteiger partial charge on any atom is -0.332 e. The van der Waals surface area contributed by atoms with Crippen LogP contribution in [0.25, 0.3) is 0 Å². The highest BCUT2D eigenvalue weighted by Crippen LogP contribution is 1.98. The lowest BCUT2D eigenvalue weighted by Crippen LogP contribution is -2.43. The van der Waals surface area contributed by atoms with Crippen molar-refractivity contribution in [1.29, 1.82) is 0 Å². The van der Waals surface area contributed by atoms with Gasteiger partial charge in [0, 0.05) is 17.8 Å². The molecule has 1 amide bonds. The number of rotatable bonds is 0. The van der Waals surface area contributed by atoms with Gasteiger partial charge in [0.15, 0.2) is 0 Å². The first-order chi connectivity index (χ1) is 5.88. The van der Waals surface area contributed by atoms with E-state index in [9.17, 15) is 9.59 Å². The largest absolute Gasteiger partial charge is 0.340 e. The maximum absolute atomic E-state index is 11.4. The molecule has 72 valence electrons. The van der Waals surface area contributed by atoms with E-state index in [1.165, 1.54) is 12.3 Å². The van der Waals surface area contributed by atoms with Crippen LogP contribution in [0.1, 0.15) is 20.8 Å². The normalized spacial score (nSPS) is 11.3. The Bertz CT molecular complexity index is 356. The molecule has 1 aromatic heterocycles. The lowest BCUT2D eigenvalue weighted by molar-refractivity contribution is 0.230. The molecule has 1 aromatic rings. The van der Waals surface area contributed by atoms with Crippen LogP contribution in [0, 0.1) is 0 Å². The molecule has 1 heterocycles. The first-order valence-electron chi connectivity index (χ1n) is 3.99. The predicted molar refractivity (Wildman–Crippen MR) is 48.7 cm³/mol. The Kier molecular flexibility index (Phi) is 2.27. The topological polar surface area (TPSA) is 66.9 Å². The summed E-state index contributed by atoms with van der Waals surface area (Å²) in [5.41, 5.74) is -0.595. The summed E-state index contributed by atoms with van der Waals surface area (Å²) in [5, 5.41) is 5.05. The monoisotopic (exact) mass is 183 g/mol. The fourth-order valence-electron chi connectivity index (χ4n) is 0.835. The van der Waals surface area contributed by atoms with E-state index in [1.54, 1.807) is 0 Å². The lowest BCUT2D eigenvalue weighted by Gasteiger charge is -2.19. The summed E-state index contributed by atoms with van der Waals surface area (Å²) >= 11 is 0. The highest BCUT2D eigenvalue weighted by molar-refractivity contribution is 5.76. The number of amides is 1. The van der Waals surface area contributed by atoms with Gasteiger partial charge < -0.3 is 5.32 Å². The summed E-state index contributed by atoms with van der Waals surface area (Å²) in [4.78, 5) is 22.1. The molecule has 0 aliphatic heterocycles. The molecule has 0 saturated carbocycles. The van der Waals surface area contributed by atoms with Crippen molar-refractivity contribution in [3.05, 3.63) is 22.6 Å². The van der Waals surface area contributed by atoms with Crippen molar-refractivity contribution in [2.24, 2.45) is 0 Å². The van der Waals surface area contributed by atoms with Crippen LogP contribution >= 0.6 is 0 Å². The van der Waals surface area contributed by atoms with E-state index >= 15 is 0 Å². The van der Waals surface area contributed by atoms with E-state index in [4.69, 9.17) is 0 Å². The zero-order valence-electron chi connectivity index (χ0n) is 7.92.